The molecule has 0 aromatic heterocycles. The van der Waals surface area contributed by atoms with Gasteiger partial charge in [-0.05, 0) is 82.8 Å². The fourth-order valence-corrected chi connectivity index (χ4v) is 3.72. The summed E-state index contributed by atoms with van der Waals surface area (Å²) in [6, 6.07) is 26.7. The quantitative estimate of drug-likeness (QED) is 0.323. The van der Waals surface area contributed by atoms with Crippen molar-refractivity contribution in [2.45, 2.75) is 39.2 Å². The van der Waals surface area contributed by atoms with Crippen LogP contribution >= 0.6 is 0 Å². The molecule has 0 aliphatic heterocycles. The number of fused-ring (bicyclic) bond motifs is 2. The smallest absolute Gasteiger partial charge is 0.130 e. The number of rotatable bonds is 7. The summed E-state index contributed by atoms with van der Waals surface area (Å²) in [6.45, 7) is 6.95. The van der Waals surface area contributed by atoms with Crippen molar-refractivity contribution in [3.05, 3.63) is 83.9 Å². The van der Waals surface area contributed by atoms with Crippen LogP contribution in [0.25, 0.3) is 21.5 Å². The van der Waals surface area contributed by atoms with Crippen molar-refractivity contribution in [3.8, 4) is 17.6 Å². The van der Waals surface area contributed by atoms with Crippen molar-refractivity contribution in [3.63, 3.8) is 0 Å². The lowest BCUT2D eigenvalue weighted by Gasteiger charge is -2.16. The summed E-state index contributed by atoms with van der Waals surface area (Å²) in [6.07, 6.45) is 1.04. The Bertz CT molecular complexity index is 1260. The Morgan fingerprint density at radius 2 is 1.39 bits per heavy atom. The van der Waals surface area contributed by atoms with Crippen LogP contribution in [0, 0.1) is 11.3 Å². The average Bonchev–Trinajstić information content (AvgIpc) is 2.81. The molecule has 4 aromatic carbocycles. The number of hydrogen-bond donors (Lipinski definition) is 0. The van der Waals surface area contributed by atoms with Crippen LogP contribution in [-0.2, 0) is 0 Å². The molecule has 0 amide bonds. The van der Waals surface area contributed by atoms with Gasteiger partial charge in [-0.25, -0.2) is 0 Å². The van der Waals surface area contributed by atoms with Crippen LogP contribution in [0.2, 0.25) is 0 Å². The van der Waals surface area contributed by atoms with Gasteiger partial charge in [0.1, 0.15) is 24.2 Å². The summed E-state index contributed by atoms with van der Waals surface area (Å²) in [5.74, 6) is 2.22. The maximum absolute atomic E-state index is 9.04. The average molecular weight is 410 g/mol. The minimum atomic E-state index is -0.0979. The van der Waals surface area contributed by atoms with Gasteiger partial charge in [-0.15, -0.1) is 0 Å². The summed E-state index contributed by atoms with van der Waals surface area (Å²) in [4.78, 5) is 0. The van der Waals surface area contributed by atoms with Crippen LogP contribution in [0.5, 0.6) is 11.5 Å². The molecule has 0 radical (unpaired) electrons. The first-order valence-corrected chi connectivity index (χ1v) is 10.8. The van der Waals surface area contributed by atoms with E-state index in [9.17, 15) is 0 Å². The molecule has 2 unspecified atom stereocenters. The highest BCUT2D eigenvalue weighted by atomic mass is 16.5. The first-order valence-electron chi connectivity index (χ1n) is 10.8. The lowest BCUT2D eigenvalue weighted by atomic mass is 9.96. The van der Waals surface area contributed by atoms with Crippen molar-refractivity contribution in [1.29, 1.82) is 5.26 Å². The maximum atomic E-state index is 9.04. The normalized spacial score (nSPS) is 13.0. The van der Waals surface area contributed by atoms with E-state index in [2.05, 4.69) is 50.2 Å². The van der Waals surface area contributed by atoms with E-state index in [1.165, 1.54) is 16.3 Å². The second-order valence-electron chi connectivity index (χ2n) is 8.15. The van der Waals surface area contributed by atoms with Crippen molar-refractivity contribution >= 4 is 21.5 Å². The summed E-state index contributed by atoms with van der Waals surface area (Å²) >= 11 is 0. The summed E-state index contributed by atoms with van der Waals surface area (Å²) in [5.41, 5.74) is 2.04. The first kappa shape index (κ1) is 20.8. The molecule has 0 N–H and O–H groups in total. The largest absolute Gasteiger partial charge is 0.490 e. The molecule has 4 rings (SSSR count). The molecule has 156 valence electrons. The van der Waals surface area contributed by atoms with Gasteiger partial charge in [0, 0.05) is 0 Å². The standard InChI is InChI=1S/C28H27NO2/c1-4-19(2)22-7-8-26-15-27(11-9-24(26)14-22)30-18-20(3)31-28-12-10-23-13-21(17-29)5-6-25(23)16-28/h5-16,19-20H,4,18H2,1-3H3. The van der Waals surface area contributed by atoms with E-state index in [1.54, 1.807) is 0 Å². The summed E-state index contributed by atoms with van der Waals surface area (Å²) < 4.78 is 12.1. The fourth-order valence-electron chi connectivity index (χ4n) is 3.72. The molecular weight excluding hydrogens is 382 g/mol. The van der Waals surface area contributed by atoms with Gasteiger partial charge in [-0.2, -0.15) is 5.26 Å². The van der Waals surface area contributed by atoms with Crippen molar-refractivity contribution < 1.29 is 9.47 Å². The van der Waals surface area contributed by atoms with E-state index in [1.807, 2.05) is 49.4 Å². The number of hydrogen-bond acceptors (Lipinski definition) is 3. The Kier molecular flexibility index (Phi) is 6.09. The van der Waals surface area contributed by atoms with Gasteiger partial charge in [0.05, 0.1) is 11.6 Å². The molecule has 2 atom stereocenters. The Morgan fingerprint density at radius 1 is 0.774 bits per heavy atom. The van der Waals surface area contributed by atoms with E-state index in [4.69, 9.17) is 14.7 Å². The number of nitrogens with zero attached hydrogens (tertiary/aromatic N) is 1. The third-order valence-corrected chi connectivity index (χ3v) is 5.78. The molecule has 0 saturated heterocycles. The molecule has 3 nitrogen and oxygen atoms in total. The SMILES string of the molecule is CCC(C)c1ccc2cc(OCC(C)Oc3ccc4cc(C#N)ccc4c3)ccc2c1. The summed E-state index contributed by atoms with van der Waals surface area (Å²) in [5, 5.41) is 13.5. The predicted molar refractivity (Wildman–Crippen MR) is 127 cm³/mol. The van der Waals surface area contributed by atoms with Crippen LogP contribution in [0.4, 0.5) is 0 Å². The molecular formula is C28H27NO2. The minimum Gasteiger partial charge on any atom is -0.490 e. The first-order chi connectivity index (χ1) is 15.1. The topological polar surface area (TPSA) is 42.2 Å². The van der Waals surface area contributed by atoms with Crippen molar-refractivity contribution in [1.82, 2.24) is 0 Å². The van der Waals surface area contributed by atoms with Crippen LogP contribution < -0.4 is 9.47 Å². The zero-order valence-electron chi connectivity index (χ0n) is 18.3. The molecule has 31 heavy (non-hydrogen) atoms. The molecule has 4 aromatic rings. The third-order valence-electron chi connectivity index (χ3n) is 5.78. The molecule has 0 saturated carbocycles. The lowest BCUT2D eigenvalue weighted by molar-refractivity contribution is 0.143. The van der Waals surface area contributed by atoms with Crippen LogP contribution in [0.15, 0.2) is 72.8 Å². The van der Waals surface area contributed by atoms with Gasteiger partial charge in [0.2, 0.25) is 0 Å². The monoisotopic (exact) mass is 409 g/mol. The van der Waals surface area contributed by atoms with Gasteiger partial charge >= 0.3 is 0 Å². The second-order valence-corrected chi connectivity index (χ2v) is 8.15. The Balaban J connectivity index is 1.40. The van der Waals surface area contributed by atoms with Crippen molar-refractivity contribution in [2.75, 3.05) is 6.61 Å². The van der Waals surface area contributed by atoms with E-state index in [0.717, 1.165) is 28.7 Å². The van der Waals surface area contributed by atoms with Gasteiger partial charge in [0.25, 0.3) is 0 Å². The van der Waals surface area contributed by atoms with Crippen LogP contribution in [0.3, 0.4) is 0 Å². The molecule has 0 heterocycles. The highest BCUT2D eigenvalue weighted by Gasteiger charge is 2.08. The van der Waals surface area contributed by atoms with Gasteiger partial charge in [-0.1, -0.05) is 50.2 Å². The van der Waals surface area contributed by atoms with Crippen LogP contribution in [0.1, 0.15) is 44.2 Å². The fraction of sp³-hybridized carbons (Fsp3) is 0.250. The van der Waals surface area contributed by atoms with Crippen molar-refractivity contribution in [2.24, 2.45) is 0 Å². The van der Waals surface area contributed by atoms with E-state index < -0.39 is 0 Å². The zero-order chi connectivity index (χ0) is 21.8. The third kappa shape index (κ3) is 4.81. The van der Waals surface area contributed by atoms with Gasteiger partial charge in [-0.3, -0.25) is 0 Å². The Labute approximate surface area is 183 Å². The maximum Gasteiger partial charge on any atom is 0.130 e. The van der Waals surface area contributed by atoms with E-state index >= 15 is 0 Å². The molecule has 0 bridgehead atoms. The Hall–Kier alpha value is -3.51. The second kappa shape index (κ2) is 9.10. The number of nitriles is 1. The molecule has 0 spiro atoms. The summed E-state index contributed by atoms with van der Waals surface area (Å²) in [7, 11) is 0. The molecule has 3 heteroatoms. The predicted octanol–water partition coefficient (Wildman–Crippen LogP) is 7.22. The minimum absolute atomic E-state index is 0.0979. The van der Waals surface area contributed by atoms with E-state index in [0.29, 0.717) is 18.1 Å². The molecule has 0 fully saturated rings. The lowest BCUT2D eigenvalue weighted by Crippen LogP contribution is -2.21. The molecule has 0 aliphatic carbocycles. The van der Waals surface area contributed by atoms with E-state index in [-0.39, 0.29) is 6.10 Å². The number of benzene rings is 4. The van der Waals surface area contributed by atoms with Gasteiger partial charge in [0.15, 0.2) is 0 Å². The zero-order valence-corrected chi connectivity index (χ0v) is 18.3. The van der Waals surface area contributed by atoms with Crippen LogP contribution in [-0.4, -0.2) is 12.7 Å². The number of ether oxygens (including phenoxy) is 2. The molecule has 0 aliphatic rings. The Morgan fingerprint density at radius 3 is 2.13 bits per heavy atom. The van der Waals surface area contributed by atoms with Gasteiger partial charge < -0.3 is 9.47 Å². The highest BCUT2D eigenvalue weighted by molar-refractivity contribution is 5.85. The highest BCUT2D eigenvalue weighted by Crippen LogP contribution is 2.27.